The van der Waals surface area contributed by atoms with Crippen molar-refractivity contribution in [3.63, 3.8) is 0 Å². The quantitative estimate of drug-likeness (QED) is 0.490. The fourth-order valence-electron chi connectivity index (χ4n) is 4.21. The van der Waals surface area contributed by atoms with Gasteiger partial charge in [0.15, 0.2) is 5.41 Å². The van der Waals surface area contributed by atoms with E-state index in [1.54, 1.807) is 6.08 Å². The standard InChI is InChI=1S/C19H17N5O4/c1-23-7-6-13-14(8-23)16(11-2-4-12(5-3-11)24(27)28)19(9-20,10-21)17(22)15(13)18(25)26/h2-6,14,16H,7-8,22H2,1H3,(H,25,26). The number of allylic oxidation sites excluding steroid dienone is 1. The van der Waals surface area contributed by atoms with E-state index in [0.29, 0.717) is 24.2 Å². The fourth-order valence-corrected chi connectivity index (χ4v) is 4.21. The normalized spacial score (nSPS) is 25.7. The molecule has 9 heteroatoms. The van der Waals surface area contributed by atoms with Crippen molar-refractivity contribution >= 4 is 11.7 Å². The number of carboxylic acids is 1. The zero-order valence-corrected chi connectivity index (χ0v) is 15.0. The molecule has 0 fully saturated rings. The van der Waals surface area contributed by atoms with Crippen LogP contribution < -0.4 is 15.7 Å². The van der Waals surface area contributed by atoms with Crippen molar-refractivity contribution in [2.24, 2.45) is 17.1 Å². The van der Waals surface area contributed by atoms with Crippen LogP contribution in [0.4, 0.5) is 5.69 Å². The number of fused-ring (bicyclic) bond motifs is 1. The average Bonchev–Trinajstić information content (AvgIpc) is 2.67. The number of hydrogen-bond acceptors (Lipinski definition) is 7. The highest BCUT2D eigenvalue weighted by Gasteiger charge is 2.55. The van der Waals surface area contributed by atoms with Crippen LogP contribution in [0.15, 0.2) is 47.2 Å². The van der Waals surface area contributed by atoms with Crippen LogP contribution in [0.2, 0.25) is 0 Å². The molecule has 0 saturated carbocycles. The Bertz CT molecular complexity index is 983. The number of nitrogens with zero attached hydrogens (tertiary/aromatic N) is 3. The number of nitro benzene ring substituents is 1. The van der Waals surface area contributed by atoms with Gasteiger partial charge in [0.2, 0.25) is 0 Å². The Balaban J connectivity index is 2.30. The van der Waals surface area contributed by atoms with Crippen LogP contribution in [0.3, 0.4) is 0 Å². The van der Waals surface area contributed by atoms with Gasteiger partial charge in [0.05, 0.1) is 48.9 Å². The zero-order chi connectivity index (χ0) is 20.6. The Morgan fingerprint density at radius 3 is 2.43 bits per heavy atom. The van der Waals surface area contributed by atoms with E-state index in [9.17, 15) is 30.5 Å². The SMILES string of the molecule is C[NH+]1CC=C2C(C(=O)[O-])=C(N)C(C#N)(C#N)C(c3ccc([N+](=O)[O-])cc3)C2C1. The summed E-state index contributed by atoms with van der Waals surface area (Å²) in [6, 6.07) is 9.44. The molecule has 0 radical (unpaired) electrons. The van der Waals surface area contributed by atoms with Crippen molar-refractivity contribution < 1.29 is 19.7 Å². The topological polar surface area (TPSA) is 161 Å². The van der Waals surface area contributed by atoms with E-state index in [4.69, 9.17) is 5.73 Å². The Morgan fingerprint density at radius 1 is 1.32 bits per heavy atom. The van der Waals surface area contributed by atoms with Crippen LogP contribution in [0.25, 0.3) is 0 Å². The van der Waals surface area contributed by atoms with Gasteiger partial charge in [0.25, 0.3) is 5.69 Å². The second-order valence-corrected chi connectivity index (χ2v) is 7.07. The summed E-state index contributed by atoms with van der Waals surface area (Å²) in [7, 11) is 1.92. The summed E-state index contributed by atoms with van der Waals surface area (Å²) >= 11 is 0. The first-order valence-corrected chi connectivity index (χ1v) is 8.57. The van der Waals surface area contributed by atoms with Crippen LogP contribution in [0.5, 0.6) is 0 Å². The maximum absolute atomic E-state index is 11.8. The van der Waals surface area contributed by atoms with Crippen molar-refractivity contribution in [1.29, 1.82) is 10.5 Å². The van der Waals surface area contributed by atoms with E-state index in [1.807, 2.05) is 19.2 Å². The molecule has 2 aliphatic rings. The largest absolute Gasteiger partial charge is 0.545 e. The van der Waals surface area contributed by atoms with Crippen molar-refractivity contribution in [3.8, 4) is 12.1 Å². The van der Waals surface area contributed by atoms with Crippen molar-refractivity contribution in [2.45, 2.75) is 5.92 Å². The molecular weight excluding hydrogens is 362 g/mol. The average molecular weight is 379 g/mol. The first kappa shape index (κ1) is 19.1. The maximum atomic E-state index is 11.8. The van der Waals surface area contributed by atoms with E-state index >= 15 is 0 Å². The Kier molecular flexibility index (Phi) is 4.63. The molecule has 0 aromatic heterocycles. The lowest BCUT2D eigenvalue weighted by Gasteiger charge is -2.45. The summed E-state index contributed by atoms with van der Waals surface area (Å²) in [6.07, 6.45) is 1.75. The number of benzene rings is 1. The molecule has 1 aliphatic heterocycles. The van der Waals surface area contributed by atoms with E-state index < -0.39 is 28.1 Å². The number of hydrogen-bond donors (Lipinski definition) is 2. The van der Waals surface area contributed by atoms with Crippen molar-refractivity contribution in [2.75, 3.05) is 20.1 Å². The predicted octanol–water partition coefficient (Wildman–Crippen LogP) is -1.24. The summed E-state index contributed by atoms with van der Waals surface area (Å²) in [5.41, 5.74) is 4.36. The van der Waals surface area contributed by atoms with Gasteiger partial charge in [-0.15, -0.1) is 0 Å². The van der Waals surface area contributed by atoms with Gasteiger partial charge in [-0.25, -0.2) is 0 Å². The smallest absolute Gasteiger partial charge is 0.269 e. The molecule has 3 unspecified atom stereocenters. The lowest BCUT2D eigenvalue weighted by molar-refractivity contribution is -0.878. The van der Waals surface area contributed by atoms with E-state index in [0.717, 1.165) is 4.90 Å². The number of nitrogens with one attached hydrogen (secondary N) is 1. The first-order chi connectivity index (χ1) is 13.3. The van der Waals surface area contributed by atoms with Crippen LogP contribution in [0.1, 0.15) is 11.5 Å². The molecular formula is C19H17N5O4. The van der Waals surface area contributed by atoms with E-state index in [2.05, 4.69) is 0 Å². The second-order valence-electron chi connectivity index (χ2n) is 7.07. The molecule has 1 aromatic carbocycles. The molecule has 1 heterocycles. The predicted molar refractivity (Wildman–Crippen MR) is 93.9 cm³/mol. The molecule has 28 heavy (non-hydrogen) atoms. The molecule has 0 saturated heterocycles. The summed E-state index contributed by atoms with van der Waals surface area (Å²) < 4.78 is 0. The van der Waals surface area contributed by atoms with Gasteiger partial charge in [-0.2, -0.15) is 10.5 Å². The molecule has 1 aliphatic carbocycles. The minimum Gasteiger partial charge on any atom is -0.545 e. The van der Waals surface area contributed by atoms with Gasteiger partial charge in [-0.3, -0.25) is 10.1 Å². The van der Waals surface area contributed by atoms with Gasteiger partial charge < -0.3 is 20.5 Å². The van der Waals surface area contributed by atoms with Gasteiger partial charge in [-0.1, -0.05) is 12.1 Å². The number of aliphatic carboxylic acids is 1. The van der Waals surface area contributed by atoms with Crippen molar-refractivity contribution in [3.05, 3.63) is 62.9 Å². The third kappa shape index (κ3) is 2.70. The Hall–Kier alpha value is -3.69. The zero-order valence-electron chi connectivity index (χ0n) is 15.0. The molecule has 0 bridgehead atoms. The van der Waals surface area contributed by atoms with Gasteiger partial charge in [0, 0.05) is 29.5 Å². The molecule has 1 aromatic rings. The van der Waals surface area contributed by atoms with Gasteiger partial charge in [-0.05, 0) is 17.2 Å². The number of carboxylic acid groups (broad SMARTS) is 1. The molecule has 142 valence electrons. The Labute approximate surface area is 160 Å². The Morgan fingerprint density at radius 2 is 1.93 bits per heavy atom. The fraction of sp³-hybridized carbons (Fsp3) is 0.316. The minimum absolute atomic E-state index is 0.125. The number of carbonyl (C=O) groups is 1. The maximum Gasteiger partial charge on any atom is 0.269 e. The number of likely N-dealkylation sites (N-methyl/N-ethyl adjacent to an activating group) is 1. The number of nitro groups is 1. The van der Waals surface area contributed by atoms with Crippen LogP contribution >= 0.6 is 0 Å². The molecule has 3 rings (SSSR count). The number of rotatable bonds is 3. The summed E-state index contributed by atoms with van der Waals surface area (Å²) in [6.45, 7) is 1.04. The highest BCUT2D eigenvalue weighted by molar-refractivity contribution is 5.93. The van der Waals surface area contributed by atoms with Crippen LogP contribution in [-0.2, 0) is 4.79 Å². The third-order valence-electron chi connectivity index (χ3n) is 5.51. The summed E-state index contributed by atoms with van der Waals surface area (Å²) in [5, 5.41) is 42.6. The molecule has 3 atom stereocenters. The van der Waals surface area contributed by atoms with Gasteiger partial charge >= 0.3 is 0 Å². The van der Waals surface area contributed by atoms with Crippen LogP contribution in [0, 0.1) is 44.1 Å². The van der Waals surface area contributed by atoms with E-state index in [1.165, 1.54) is 24.3 Å². The number of carbonyl (C=O) groups excluding carboxylic acids is 1. The van der Waals surface area contributed by atoms with Crippen molar-refractivity contribution in [1.82, 2.24) is 0 Å². The highest BCUT2D eigenvalue weighted by atomic mass is 16.6. The first-order valence-electron chi connectivity index (χ1n) is 8.57. The summed E-state index contributed by atoms with van der Waals surface area (Å²) in [5.74, 6) is -2.77. The lowest BCUT2D eigenvalue weighted by atomic mass is 9.58. The molecule has 9 nitrogen and oxygen atoms in total. The number of nitrogens with two attached hydrogens (primary N) is 1. The van der Waals surface area contributed by atoms with Crippen LogP contribution in [-0.4, -0.2) is 31.0 Å². The molecule has 3 N–H and O–H groups in total. The summed E-state index contributed by atoms with van der Waals surface area (Å²) in [4.78, 5) is 23.3. The molecule has 0 amide bonds. The second kappa shape index (κ2) is 6.80. The number of quaternary nitrogens is 1. The molecule has 0 spiro atoms. The van der Waals surface area contributed by atoms with Gasteiger partial charge in [0.1, 0.15) is 0 Å². The number of non-ortho nitro benzene ring substituents is 1. The number of nitriles is 2. The van der Waals surface area contributed by atoms with E-state index in [-0.39, 0.29) is 17.0 Å². The minimum atomic E-state index is -1.93. The monoisotopic (exact) mass is 379 g/mol. The highest BCUT2D eigenvalue weighted by Crippen LogP contribution is 2.53. The lowest BCUT2D eigenvalue weighted by Crippen LogP contribution is -3.10. The third-order valence-corrected chi connectivity index (χ3v) is 5.51.